The predicted molar refractivity (Wildman–Crippen MR) is 140 cm³/mol. The standard InChI is InChI=1S/C26H21ClN2O8S/c1-34-20-11-15(10-18(27)23(20)36-14-22(30)28-16-6-4-3-5-7-16)12-21-24(31)29(26(33)38-21)13-17-8-9-19(37-17)25(32)35-2/h3-12H,13-14H2,1-2H3,(H,28,30)/b21-12+. The van der Waals surface area contributed by atoms with Gasteiger partial charge in [0.05, 0.1) is 30.7 Å². The molecule has 2 aromatic carbocycles. The normalized spacial score (nSPS) is 14.1. The van der Waals surface area contributed by atoms with Crippen molar-refractivity contribution in [3.63, 3.8) is 0 Å². The predicted octanol–water partition coefficient (Wildman–Crippen LogP) is 4.98. The number of nitrogens with zero attached hydrogens (tertiary/aromatic N) is 1. The molecule has 1 N–H and O–H groups in total. The molecule has 1 saturated heterocycles. The first-order valence-electron chi connectivity index (χ1n) is 11.1. The molecule has 3 amide bonds. The van der Waals surface area contributed by atoms with Gasteiger partial charge in [-0.15, -0.1) is 0 Å². The molecule has 1 fully saturated rings. The van der Waals surface area contributed by atoms with E-state index in [0.29, 0.717) is 11.3 Å². The number of carbonyl (C=O) groups is 4. The number of carbonyl (C=O) groups excluding carboxylic acids is 4. The average Bonchev–Trinajstić information content (AvgIpc) is 3.48. The van der Waals surface area contributed by atoms with Crippen LogP contribution in [0, 0.1) is 0 Å². The molecule has 196 valence electrons. The lowest BCUT2D eigenvalue weighted by atomic mass is 10.1. The smallest absolute Gasteiger partial charge is 0.373 e. The quantitative estimate of drug-likeness (QED) is 0.287. The Labute approximate surface area is 226 Å². The monoisotopic (exact) mass is 556 g/mol. The van der Waals surface area contributed by atoms with Crippen LogP contribution in [0.3, 0.4) is 0 Å². The van der Waals surface area contributed by atoms with Crippen LogP contribution in [0.1, 0.15) is 21.9 Å². The third-order valence-electron chi connectivity index (χ3n) is 5.19. The van der Waals surface area contributed by atoms with Crippen molar-refractivity contribution in [1.82, 2.24) is 4.90 Å². The molecule has 0 radical (unpaired) electrons. The van der Waals surface area contributed by atoms with Crippen LogP contribution < -0.4 is 14.8 Å². The van der Waals surface area contributed by atoms with Gasteiger partial charge in [0, 0.05) is 5.69 Å². The first-order chi connectivity index (χ1) is 18.3. The van der Waals surface area contributed by atoms with E-state index in [1.165, 1.54) is 38.5 Å². The molecule has 1 aromatic heterocycles. The number of halogens is 1. The number of nitrogens with one attached hydrogen (secondary N) is 1. The number of methoxy groups -OCH3 is 2. The van der Waals surface area contributed by atoms with Gasteiger partial charge in [-0.3, -0.25) is 19.3 Å². The van der Waals surface area contributed by atoms with Gasteiger partial charge in [-0.1, -0.05) is 29.8 Å². The number of thioether (sulfide) groups is 1. The molecule has 1 aliphatic rings. The second-order valence-electron chi connectivity index (χ2n) is 7.76. The Morgan fingerprint density at radius 2 is 1.87 bits per heavy atom. The number of rotatable bonds is 9. The number of para-hydroxylation sites is 1. The maximum absolute atomic E-state index is 12.9. The summed E-state index contributed by atoms with van der Waals surface area (Å²) >= 11 is 7.15. The maximum atomic E-state index is 12.9. The highest BCUT2D eigenvalue weighted by Gasteiger charge is 2.36. The molecule has 3 aromatic rings. The number of hydrogen-bond acceptors (Lipinski definition) is 9. The number of anilines is 1. The van der Waals surface area contributed by atoms with Crippen LogP contribution in [0.5, 0.6) is 11.5 Å². The second-order valence-corrected chi connectivity index (χ2v) is 9.16. The molecular weight excluding hydrogens is 536 g/mol. The molecule has 10 nitrogen and oxygen atoms in total. The third kappa shape index (κ3) is 6.18. The van der Waals surface area contributed by atoms with Crippen molar-refractivity contribution in [3.8, 4) is 11.5 Å². The van der Waals surface area contributed by atoms with Gasteiger partial charge in [0.1, 0.15) is 5.76 Å². The van der Waals surface area contributed by atoms with Crippen LogP contribution in [0.15, 0.2) is 63.9 Å². The van der Waals surface area contributed by atoms with Crippen LogP contribution >= 0.6 is 23.4 Å². The van der Waals surface area contributed by atoms with Crippen molar-refractivity contribution >= 4 is 58.1 Å². The van der Waals surface area contributed by atoms with E-state index in [1.54, 1.807) is 30.3 Å². The largest absolute Gasteiger partial charge is 0.493 e. The molecule has 0 bridgehead atoms. The Morgan fingerprint density at radius 1 is 1.11 bits per heavy atom. The SMILES string of the molecule is COC(=O)c1ccc(CN2C(=O)S/C(=C/c3cc(Cl)c(OCC(=O)Nc4ccccc4)c(OC)c3)C2=O)o1. The number of amides is 3. The van der Waals surface area contributed by atoms with Crippen LogP contribution in [0.2, 0.25) is 5.02 Å². The number of esters is 1. The minimum atomic E-state index is -0.666. The number of imide groups is 1. The van der Waals surface area contributed by atoms with Gasteiger partial charge < -0.3 is 23.9 Å². The van der Waals surface area contributed by atoms with Gasteiger partial charge in [-0.25, -0.2) is 4.79 Å². The summed E-state index contributed by atoms with van der Waals surface area (Å²) in [5.74, 6) is -0.988. The van der Waals surface area contributed by atoms with Crippen molar-refractivity contribution in [2.24, 2.45) is 0 Å². The minimum absolute atomic E-state index is 0.0355. The molecule has 0 aliphatic carbocycles. The summed E-state index contributed by atoms with van der Waals surface area (Å²) in [4.78, 5) is 50.4. The summed E-state index contributed by atoms with van der Waals surface area (Å²) in [6.07, 6.45) is 1.49. The Balaban J connectivity index is 1.45. The lowest BCUT2D eigenvalue weighted by Gasteiger charge is -2.13. The lowest BCUT2D eigenvalue weighted by molar-refractivity contribution is -0.123. The molecule has 38 heavy (non-hydrogen) atoms. The second kappa shape index (κ2) is 11.9. The van der Waals surface area contributed by atoms with Crippen molar-refractivity contribution in [3.05, 3.63) is 81.6 Å². The fraction of sp³-hybridized carbons (Fsp3) is 0.154. The Kier molecular flexibility index (Phi) is 8.39. The molecule has 4 rings (SSSR count). The molecule has 0 unspecified atom stereocenters. The summed E-state index contributed by atoms with van der Waals surface area (Å²) in [5.41, 5.74) is 1.10. The molecule has 0 saturated carbocycles. The molecule has 0 atom stereocenters. The van der Waals surface area contributed by atoms with Crippen molar-refractivity contribution in [2.45, 2.75) is 6.54 Å². The Bertz CT molecular complexity index is 1420. The van der Waals surface area contributed by atoms with E-state index in [4.69, 9.17) is 25.5 Å². The highest BCUT2D eigenvalue weighted by Crippen LogP contribution is 2.39. The van der Waals surface area contributed by atoms with Gasteiger partial charge in [-0.05, 0) is 59.8 Å². The Hall–Kier alpha value is -4.22. The third-order valence-corrected chi connectivity index (χ3v) is 6.38. The van der Waals surface area contributed by atoms with E-state index in [0.717, 1.165) is 16.7 Å². The zero-order valence-corrected chi connectivity index (χ0v) is 21.8. The van der Waals surface area contributed by atoms with Crippen LogP contribution in [0.4, 0.5) is 10.5 Å². The summed E-state index contributed by atoms with van der Waals surface area (Å²) < 4.78 is 20.9. The molecule has 0 spiro atoms. The fourth-order valence-electron chi connectivity index (χ4n) is 3.44. The molecule has 12 heteroatoms. The van der Waals surface area contributed by atoms with Crippen LogP contribution in [-0.4, -0.2) is 48.7 Å². The number of hydrogen-bond donors (Lipinski definition) is 1. The van der Waals surface area contributed by atoms with Crippen LogP contribution in [0.25, 0.3) is 6.08 Å². The van der Waals surface area contributed by atoms with Crippen molar-refractivity contribution < 1.29 is 37.8 Å². The van der Waals surface area contributed by atoms with Crippen molar-refractivity contribution in [2.75, 3.05) is 26.1 Å². The number of furan rings is 1. The van der Waals surface area contributed by atoms with Gasteiger partial charge in [0.2, 0.25) is 5.76 Å². The zero-order valence-electron chi connectivity index (χ0n) is 20.2. The highest BCUT2D eigenvalue weighted by molar-refractivity contribution is 8.18. The summed E-state index contributed by atoms with van der Waals surface area (Å²) in [6.45, 7) is -0.464. The average molecular weight is 557 g/mol. The minimum Gasteiger partial charge on any atom is -0.493 e. The number of ether oxygens (including phenoxy) is 3. The highest BCUT2D eigenvalue weighted by atomic mass is 35.5. The van der Waals surface area contributed by atoms with E-state index < -0.39 is 17.1 Å². The van der Waals surface area contributed by atoms with Gasteiger partial charge in [0.25, 0.3) is 17.1 Å². The van der Waals surface area contributed by atoms with E-state index in [9.17, 15) is 19.2 Å². The van der Waals surface area contributed by atoms with E-state index in [2.05, 4.69) is 10.1 Å². The maximum Gasteiger partial charge on any atom is 0.373 e. The number of benzene rings is 2. The summed E-state index contributed by atoms with van der Waals surface area (Å²) in [5, 5.41) is 2.35. The van der Waals surface area contributed by atoms with Gasteiger partial charge in [-0.2, -0.15) is 0 Å². The topological polar surface area (TPSA) is 124 Å². The molecule has 2 heterocycles. The molecule has 1 aliphatic heterocycles. The van der Waals surface area contributed by atoms with E-state index >= 15 is 0 Å². The summed E-state index contributed by atoms with van der Waals surface area (Å²) in [7, 11) is 2.63. The summed E-state index contributed by atoms with van der Waals surface area (Å²) in [6, 6.07) is 14.9. The van der Waals surface area contributed by atoms with Gasteiger partial charge in [0.15, 0.2) is 18.1 Å². The van der Waals surface area contributed by atoms with E-state index in [1.807, 2.05) is 6.07 Å². The van der Waals surface area contributed by atoms with E-state index in [-0.39, 0.29) is 52.0 Å². The fourth-order valence-corrected chi connectivity index (χ4v) is 4.55. The van der Waals surface area contributed by atoms with Crippen LogP contribution in [-0.2, 0) is 20.9 Å². The Morgan fingerprint density at radius 3 is 2.58 bits per heavy atom. The first-order valence-corrected chi connectivity index (χ1v) is 12.3. The zero-order chi connectivity index (χ0) is 27.2. The van der Waals surface area contributed by atoms with Crippen molar-refractivity contribution in [1.29, 1.82) is 0 Å². The first kappa shape index (κ1) is 26.8. The lowest BCUT2D eigenvalue weighted by Crippen LogP contribution is -2.27. The van der Waals surface area contributed by atoms with Gasteiger partial charge >= 0.3 is 5.97 Å². The molecular formula is C26H21ClN2O8S.